The molecule has 0 unspecified atom stereocenters. The first kappa shape index (κ1) is 58.4. The normalized spacial score (nSPS) is 41.0. The van der Waals surface area contributed by atoms with Crippen LogP contribution in [0.5, 0.6) is 0 Å². The van der Waals surface area contributed by atoms with Crippen molar-refractivity contribution in [1.82, 2.24) is 4.90 Å². The van der Waals surface area contributed by atoms with Crippen molar-refractivity contribution in [1.29, 1.82) is 0 Å². The molecule has 9 aliphatic carbocycles. The van der Waals surface area contributed by atoms with Gasteiger partial charge in [0.1, 0.15) is 0 Å². The summed E-state index contributed by atoms with van der Waals surface area (Å²) in [5, 5.41) is 5.83. The van der Waals surface area contributed by atoms with E-state index < -0.39 is 0 Å². The number of nitrogens with zero attached hydrogens (tertiary/aromatic N) is 1. The number of carbonyl (C=O) groups is 1. The molecule has 0 radical (unpaired) electrons. The van der Waals surface area contributed by atoms with Crippen LogP contribution >= 0.6 is 0 Å². The molecule has 20 rings (SSSR count). The molecule has 0 aromatic heterocycles. The Labute approximate surface area is 549 Å². The van der Waals surface area contributed by atoms with Gasteiger partial charge >= 0.3 is 0 Å². The van der Waals surface area contributed by atoms with Gasteiger partial charge < -0.3 is 19.5 Å². The second-order valence-electron chi connectivity index (χ2n) is 32.9. The fourth-order valence-electron chi connectivity index (χ4n) is 24.0. The highest BCUT2D eigenvalue weighted by atomic mass is 16.5. The van der Waals surface area contributed by atoms with Crippen LogP contribution in [0.4, 0.5) is 5.69 Å². The lowest BCUT2D eigenvalue weighted by Crippen LogP contribution is -2.56. The summed E-state index contributed by atoms with van der Waals surface area (Å²) in [6.07, 6.45) is 44.7. The molecule has 476 valence electrons. The van der Waals surface area contributed by atoms with Crippen LogP contribution in [0.25, 0.3) is 10.8 Å². The summed E-state index contributed by atoms with van der Waals surface area (Å²) >= 11 is 0. The maximum atomic E-state index is 13.2. The highest BCUT2D eigenvalue weighted by molar-refractivity contribution is 6.05. The van der Waals surface area contributed by atoms with Crippen LogP contribution in [0.3, 0.4) is 0 Å². The molecular weight excluding hydrogens is 1120 g/mol. The summed E-state index contributed by atoms with van der Waals surface area (Å²) < 4.78 is 21.7. The van der Waals surface area contributed by atoms with Crippen LogP contribution in [0, 0.1) is 34.0 Å². The van der Waals surface area contributed by atoms with Crippen molar-refractivity contribution in [3.05, 3.63) is 232 Å². The molecule has 6 nitrogen and oxygen atoms in total. The number of benzene rings is 4. The van der Waals surface area contributed by atoms with Crippen LogP contribution in [-0.4, -0.2) is 57.0 Å². The molecular formula is C86H98N2O4. The van der Waals surface area contributed by atoms with E-state index in [1.165, 1.54) is 133 Å². The molecule has 7 aliphatic heterocycles. The first-order chi connectivity index (χ1) is 44.5. The molecule has 1 amide bonds. The predicted octanol–water partition coefficient (Wildman–Crippen LogP) is 19.9. The summed E-state index contributed by atoms with van der Waals surface area (Å²) in [7, 11) is 0. The highest BCUT2D eigenvalue weighted by Gasteiger charge is 2.70. The minimum atomic E-state index is -0.251. The van der Waals surface area contributed by atoms with Gasteiger partial charge in [0.15, 0.2) is 0 Å². The van der Waals surface area contributed by atoms with Crippen molar-refractivity contribution in [2.75, 3.05) is 11.9 Å². The Kier molecular flexibility index (Phi) is 13.1. The second-order valence-corrected chi connectivity index (χ2v) is 32.9. The zero-order valence-corrected chi connectivity index (χ0v) is 55.3. The molecule has 8 fully saturated rings. The number of fused-ring (bicyclic) bond motifs is 5. The monoisotopic (exact) mass is 1220 g/mol. The zero-order valence-electron chi connectivity index (χ0n) is 55.3. The van der Waals surface area contributed by atoms with Gasteiger partial charge in [0.05, 0.1) is 33.6 Å². The van der Waals surface area contributed by atoms with E-state index in [0.29, 0.717) is 35.1 Å². The summed E-state index contributed by atoms with van der Waals surface area (Å²) in [5.41, 5.74) is 19.4. The maximum Gasteiger partial charge on any atom is 0.251 e. The van der Waals surface area contributed by atoms with Gasteiger partial charge in [-0.2, -0.15) is 0 Å². The summed E-state index contributed by atoms with van der Waals surface area (Å²) in [6, 6.07) is 35.5. The van der Waals surface area contributed by atoms with Crippen LogP contribution < -0.4 is 5.32 Å². The number of para-hydroxylation sites is 1. The Morgan fingerprint density at radius 3 is 1.66 bits per heavy atom. The number of rotatable bonds is 4. The van der Waals surface area contributed by atoms with Gasteiger partial charge in [-0.25, -0.2) is 0 Å². The standard InChI is InChI=1S/C30H32O.C29H35NO.C27H29NO2.H2/c1-20-7-10-24-18-25-13-14-28(2)26(23-9-8-21-5-3-4-6-22(21)17-23)11-12-27(28)30(25)16-15-29(24,19-20)31-30;1-20-7-8-23-17-24-11-13-27(2)25(29(24)15-14-28(23,18-20)31-29)9-10-26(27)30-16-12-21-5-3-4-6-22(21)19-30;1-18-8-9-19-16-20-12-13-25(2)22(24(29)28-21-6-4-3-5-7-21)10-11-23(25)27(20)15-14-26(19,17-18)30-27;/h3-6,8-9,13,17-18,26-27H,1,7,10-12,14-16,19H2,2H3;3-6,11,17,25-26H,1,7-10,12-16,18-19H2,2H3;3-7,10,12,16,23H,1,8-9,11,13-15,17H2,2H3,(H,28,29);1H/t26-,27-,28-,29-,30-;25-,26+,27+,28-,29-;23-,25-,26-,27-;/m111./s1. The van der Waals surface area contributed by atoms with E-state index in [2.05, 4.69) is 160 Å². The van der Waals surface area contributed by atoms with E-state index in [0.717, 1.165) is 101 Å². The molecule has 5 saturated carbocycles. The number of allylic oxidation sites excluding steroid dienone is 4. The molecule has 6 spiro atoms. The molecule has 14 atom stereocenters. The summed E-state index contributed by atoms with van der Waals surface area (Å²) in [5.74, 6) is 2.22. The van der Waals surface area contributed by atoms with Gasteiger partial charge in [-0.3, -0.25) is 9.69 Å². The predicted molar refractivity (Wildman–Crippen MR) is 373 cm³/mol. The lowest BCUT2D eigenvalue weighted by atomic mass is 9.58. The van der Waals surface area contributed by atoms with E-state index in [1.807, 2.05) is 30.3 Å². The van der Waals surface area contributed by atoms with Crippen molar-refractivity contribution >= 4 is 22.4 Å². The molecule has 16 aliphatic rings. The molecule has 6 heteroatoms. The minimum Gasteiger partial charge on any atom is -0.359 e. The Bertz CT molecular complexity index is 4100. The number of hydrogen-bond acceptors (Lipinski definition) is 5. The Balaban J connectivity index is 0.000000106. The Hall–Kier alpha value is -6.15. The molecule has 4 aromatic carbocycles. The van der Waals surface area contributed by atoms with Gasteiger partial charge in [0.2, 0.25) is 0 Å². The number of anilines is 1. The van der Waals surface area contributed by atoms with Crippen molar-refractivity contribution in [2.45, 2.75) is 227 Å². The fourth-order valence-corrected chi connectivity index (χ4v) is 24.0. The minimum absolute atomic E-state index is 0. The third kappa shape index (κ3) is 8.39. The van der Waals surface area contributed by atoms with Crippen LogP contribution in [0.2, 0.25) is 0 Å². The molecule has 1 N–H and O–H groups in total. The van der Waals surface area contributed by atoms with Crippen LogP contribution in [-0.2, 0) is 32.0 Å². The van der Waals surface area contributed by atoms with E-state index in [4.69, 9.17) is 14.2 Å². The average Bonchev–Trinajstić information content (AvgIpc) is 1.56. The number of ether oxygens (including phenoxy) is 3. The highest BCUT2D eigenvalue weighted by Crippen LogP contribution is 2.72. The van der Waals surface area contributed by atoms with Crippen LogP contribution in [0.1, 0.15) is 192 Å². The largest absolute Gasteiger partial charge is 0.359 e. The zero-order chi connectivity index (χ0) is 62.3. The average molecular weight is 1220 g/mol. The van der Waals surface area contributed by atoms with Gasteiger partial charge in [0.25, 0.3) is 5.91 Å². The van der Waals surface area contributed by atoms with Gasteiger partial charge in [-0.05, 0) is 236 Å². The number of hydrogen-bond donors (Lipinski definition) is 1. The lowest BCUT2D eigenvalue weighted by Gasteiger charge is -2.55. The maximum absolute atomic E-state index is 13.2. The SMILES string of the molecule is C=C1CCC2=CC3=CC[C@]4(C)C(C(=O)Nc5ccccc5)=CC[C@H]4[C@@]34CC[C@]2(C1)O4.C=C1CCC2=CC3=CC[C@]4(C)[C@@H](N5CCc6ccccc6C5)CC[C@H]4[C@@]34CC[C@]2(C1)O4.C=C1CCC2=CC3=CC[C@]4(C)[C@@H](c5ccc6ccccc6c5)CC[C@H]4[C@@]34CC[C@]2(C1)O4.[HH]. The van der Waals surface area contributed by atoms with Crippen molar-refractivity contribution in [3.8, 4) is 0 Å². The molecule has 6 bridgehead atoms. The van der Waals surface area contributed by atoms with E-state index in [1.54, 1.807) is 22.3 Å². The van der Waals surface area contributed by atoms with Gasteiger partial charge in [-0.1, -0.05) is 185 Å². The second kappa shape index (κ2) is 20.7. The summed E-state index contributed by atoms with van der Waals surface area (Å²) in [6.45, 7) is 22.8. The molecule has 4 aromatic rings. The first-order valence-electron chi connectivity index (χ1n) is 36.2. The molecule has 3 saturated heterocycles. The number of nitrogens with one attached hydrogen (secondary N) is 1. The third-order valence-electron chi connectivity index (χ3n) is 28.5. The van der Waals surface area contributed by atoms with Gasteiger partial charge in [0, 0.05) is 62.4 Å². The lowest BCUT2D eigenvalue weighted by molar-refractivity contribution is -0.134. The smallest absolute Gasteiger partial charge is 0.251 e. The fraction of sp³-hybridized carbons (Fsp3) is 0.500. The Morgan fingerprint density at radius 2 is 1.04 bits per heavy atom. The topological polar surface area (TPSA) is 60.0 Å². The molecule has 7 heterocycles. The third-order valence-corrected chi connectivity index (χ3v) is 28.5. The van der Waals surface area contributed by atoms with Gasteiger partial charge in [-0.15, -0.1) is 0 Å². The van der Waals surface area contributed by atoms with Crippen LogP contribution in [0.15, 0.2) is 215 Å². The van der Waals surface area contributed by atoms with Crippen molar-refractivity contribution < 1.29 is 20.4 Å². The summed E-state index contributed by atoms with van der Waals surface area (Å²) in [4.78, 5) is 16.1. The van der Waals surface area contributed by atoms with E-state index >= 15 is 0 Å². The first-order valence-corrected chi connectivity index (χ1v) is 36.2. The molecule has 92 heavy (non-hydrogen) atoms. The van der Waals surface area contributed by atoms with Crippen molar-refractivity contribution in [3.63, 3.8) is 0 Å². The number of amides is 1. The van der Waals surface area contributed by atoms with E-state index in [-0.39, 0.29) is 51.8 Å². The van der Waals surface area contributed by atoms with Crippen molar-refractivity contribution in [2.24, 2.45) is 34.0 Å². The van der Waals surface area contributed by atoms with E-state index in [9.17, 15) is 4.79 Å². The Morgan fingerprint density at radius 1 is 0.522 bits per heavy atom. The quantitative estimate of drug-likeness (QED) is 0.206. The number of carbonyl (C=O) groups excluding carboxylic acids is 1.